The minimum absolute atomic E-state index is 0.0565. The van der Waals surface area contributed by atoms with Gasteiger partial charge in [-0.1, -0.05) is 24.6 Å². The molecule has 0 amide bonds. The van der Waals surface area contributed by atoms with Crippen molar-refractivity contribution in [3.05, 3.63) is 35.5 Å². The average molecular weight is 298 g/mol. The third-order valence-electron chi connectivity index (χ3n) is 5.31. The number of hydrogen-bond donors (Lipinski definition) is 2. The number of carbonyl (C=O) groups excluding carboxylic acids is 1. The molecule has 1 aromatic carbocycles. The smallest absolute Gasteiger partial charge is 0.311 e. The summed E-state index contributed by atoms with van der Waals surface area (Å²) in [5.41, 5.74) is 3.50. The van der Waals surface area contributed by atoms with Gasteiger partial charge in [0.15, 0.2) is 0 Å². The molecule has 2 aromatic rings. The van der Waals surface area contributed by atoms with E-state index < -0.39 is 0 Å². The molecule has 116 valence electrons. The zero-order valence-electron chi connectivity index (χ0n) is 12.9. The zero-order chi connectivity index (χ0) is 15.2. The second-order valence-corrected chi connectivity index (χ2v) is 6.37. The molecule has 1 spiro atoms. The molecule has 4 heteroatoms. The highest BCUT2D eigenvalue weighted by Gasteiger charge is 2.51. The molecule has 2 aliphatic rings. The predicted octanol–water partition coefficient (Wildman–Crippen LogP) is 2.87. The van der Waals surface area contributed by atoms with Crippen LogP contribution in [0.1, 0.15) is 37.4 Å². The van der Waals surface area contributed by atoms with Crippen LogP contribution in [0.15, 0.2) is 24.3 Å². The Morgan fingerprint density at radius 1 is 1.41 bits per heavy atom. The molecule has 2 N–H and O–H groups in total. The largest absolute Gasteiger partial charge is 0.466 e. The molecular weight excluding hydrogens is 276 g/mol. The summed E-state index contributed by atoms with van der Waals surface area (Å²) < 4.78 is 5.35. The first-order valence-electron chi connectivity index (χ1n) is 8.28. The van der Waals surface area contributed by atoms with E-state index in [1.54, 1.807) is 0 Å². The number of aromatic nitrogens is 1. The highest BCUT2D eigenvalue weighted by molar-refractivity contribution is 5.86. The van der Waals surface area contributed by atoms with Crippen LogP contribution >= 0.6 is 0 Å². The van der Waals surface area contributed by atoms with Crippen LogP contribution in [0.5, 0.6) is 0 Å². The number of fused-ring (bicyclic) bond motifs is 4. The molecule has 2 heterocycles. The van der Waals surface area contributed by atoms with Gasteiger partial charge in [0.1, 0.15) is 0 Å². The Morgan fingerprint density at radius 2 is 2.27 bits per heavy atom. The van der Waals surface area contributed by atoms with Gasteiger partial charge in [-0.15, -0.1) is 0 Å². The maximum Gasteiger partial charge on any atom is 0.311 e. The van der Waals surface area contributed by atoms with Gasteiger partial charge in [0.25, 0.3) is 0 Å². The fourth-order valence-electron chi connectivity index (χ4n) is 4.42. The van der Waals surface area contributed by atoms with Crippen LogP contribution in [-0.4, -0.2) is 24.1 Å². The number of H-pyrrole nitrogens is 1. The molecule has 4 nitrogen and oxygen atoms in total. The van der Waals surface area contributed by atoms with Crippen molar-refractivity contribution in [2.45, 2.75) is 38.1 Å². The Balaban J connectivity index is 1.85. The number of carbonyl (C=O) groups is 1. The molecule has 0 bridgehead atoms. The van der Waals surface area contributed by atoms with E-state index in [1.807, 2.05) is 6.92 Å². The van der Waals surface area contributed by atoms with E-state index in [4.69, 9.17) is 4.74 Å². The van der Waals surface area contributed by atoms with Gasteiger partial charge in [0, 0.05) is 23.1 Å². The van der Waals surface area contributed by atoms with Crippen molar-refractivity contribution >= 4 is 16.9 Å². The quantitative estimate of drug-likeness (QED) is 0.838. The molecule has 4 rings (SSSR count). The Labute approximate surface area is 130 Å². The summed E-state index contributed by atoms with van der Waals surface area (Å²) in [4.78, 5) is 16.1. The monoisotopic (exact) mass is 298 g/mol. The number of aromatic amines is 1. The molecule has 1 fully saturated rings. The lowest BCUT2D eigenvalue weighted by molar-refractivity contribution is -0.150. The van der Waals surface area contributed by atoms with Gasteiger partial charge in [-0.3, -0.25) is 4.79 Å². The summed E-state index contributed by atoms with van der Waals surface area (Å²) in [7, 11) is 0. The van der Waals surface area contributed by atoms with Gasteiger partial charge in [-0.05, 0) is 37.8 Å². The first kappa shape index (κ1) is 13.8. The Morgan fingerprint density at radius 3 is 3.14 bits per heavy atom. The van der Waals surface area contributed by atoms with Crippen LogP contribution in [0.25, 0.3) is 10.9 Å². The van der Waals surface area contributed by atoms with E-state index in [0.717, 1.165) is 32.2 Å². The first-order chi connectivity index (χ1) is 10.8. The average Bonchev–Trinajstić information content (AvgIpc) is 3.11. The van der Waals surface area contributed by atoms with Gasteiger partial charge >= 0.3 is 5.97 Å². The Hall–Kier alpha value is -1.81. The van der Waals surface area contributed by atoms with Crippen LogP contribution in [0.4, 0.5) is 0 Å². The molecule has 0 radical (unpaired) electrons. The number of nitrogens with one attached hydrogen (secondary N) is 2. The second-order valence-electron chi connectivity index (χ2n) is 6.37. The number of ether oxygens (including phenoxy) is 1. The third-order valence-corrected chi connectivity index (χ3v) is 5.31. The maximum atomic E-state index is 12.5. The topological polar surface area (TPSA) is 54.1 Å². The van der Waals surface area contributed by atoms with E-state index in [9.17, 15) is 4.79 Å². The molecule has 1 aromatic heterocycles. The van der Waals surface area contributed by atoms with Crippen molar-refractivity contribution in [3.63, 3.8) is 0 Å². The minimum atomic E-state index is -0.265. The number of esters is 1. The third kappa shape index (κ3) is 1.83. The summed E-state index contributed by atoms with van der Waals surface area (Å²) in [6.45, 7) is 3.25. The van der Waals surface area contributed by atoms with Gasteiger partial charge in [0.05, 0.1) is 18.1 Å². The Bertz CT molecular complexity index is 721. The van der Waals surface area contributed by atoms with Crippen LogP contribution in [-0.2, 0) is 21.5 Å². The Kier molecular flexibility index (Phi) is 3.22. The van der Waals surface area contributed by atoms with Crippen molar-refractivity contribution in [1.82, 2.24) is 10.3 Å². The number of para-hydroxylation sites is 1. The molecule has 0 saturated heterocycles. The van der Waals surface area contributed by atoms with Crippen molar-refractivity contribution in [3.8, 4) is 0 Å². The fourth-order valence-corrected chi connectivity index (χ4v) is 4.42. The van der Waals surface area contributed by atoms with E-state index in [0.29, 0.717) is 6.61 Å². The van der Waals surface area contributed by atoms with Crippen LogP contribution in [0, 0.1) is 5.92 Å². The number of hydrogen-bond acceptors (Lipinski definition) is 3. The highest BCUT2D eigenvalue weighted by Crippen LogP contribution is 2.48. The normalized spacial score (nSPS) is 27.2. The lowest BCUT2D eigenvalue weighted by Crippen LogP contribution is -2.52. The van der Waals surface area contributed by atoms with E-state index in [2.05, 4.69) is 34.6 Å². The molecular formula is C18H22N2O2. The van der Waals surface area contributed by atoms with Crippen LogP contribution < -0.4 is 5.32 Å². The van der Waals surface area contributed by atoms with Crippen molar-refractivity contribution in [2.24, 2.45) is 5.92 Å². The van der Waals surface area contributed by atoms with Crippen molar-refractivity contribution in [2.75, 3.05) is 13.2 Å². The minimum Gasteiger partial charge on any atom is -0.466 e. The highest BCUT2D eigenvalue weighted by atomic mass is 16.5. The van der Waals surface area contributed by atoms with E-state index in [-0.39, 0.29) is 17.4 Å². The van der Waals surface area contributed by atoms with Crippen molar-refractivity contribution < 1.29 is 9.53 Å². The molecule has 22 heavy (non-hydrogen) atoms. The predicted molar refractivity (Wildman–Crippen MR) is 85.7 cm³/mol. The van der Waals surface area contributed by atoms with Crippen LogP contribution in [0.3, 0.4) is 0 Å². The zero-order valence-corrected chi connectivity index (χ0v) is 12.9. The first-order valence-corrected chi connectivity index (χ1v) is 8.28. The molecule has 1 saturated carbocycles. The van der Waals surface area contributed by atoms with Gasteiger partial charge in [-0.2, -0.15) is 0 Å². The number of benzene rings is 1. The SMILES string of the molecule is CCOC(=O)C1CCCC12NCCc1c2[nH]c2ccccc12. The summed E-state index contributed by atoms with van der Waals surface area (Å²) >= 11 is 0. The van der Waals surface area contributed by atoms with Crippen molar-refractivity contribution in [1.29, 1.82) is 0 Å². The second kappa shape index (κ2) is 5.13. The van der Waals surface area contributed by atoms with Gasteiger partial charge in [-0.25, -0.2) is 0 Å². The molecule has 2 atom stereocenters. The maximum absolute atomic E-state index is 12.5. The summed E-state index contributed by atoms with van der Waals surface area (Å²) in [6.07, 6.45) is 3.97. The molecule has 1 aliphatic carbocycles. The van der Waals surface area contributed by atoms with Gasteiger partial charge < -0.3 is 15.0 Å². The lowest BCUT2D eigenvalue weighted by Gasteiger charge is -2.39. The van der Waals surface area contributed by atoms with Gasteiger partial charge in [0.2, 0.25) is 0 Å². The standard InChI is InChI=1S/C18H22N2O2/c1-2-22-17(21)14-7-5-10-18(14)16-13(9-11-19-18)12-6-3-4-8-15(12)20-16/h3-4,6,8,14,19-20H,2,5,7,9-11H2,1H3. The fraction of sp³-hybridized carbons (Fsp3) is 0.500. The van der Waals surface area contributed by atoms with E-state index in [1.165, 1.54) is 22.2 Å². The summed E-state index contributed by atoms with van der Waals surface area (Å²) in [5, 5.41) is 4.97. The summed E-state index contributed by atoms with van der Waals surface area (Å²) in [6, 6.07) is 8.44. The van der Waals surface area contributed by atoms with E-state index >= 15 is 0 Å². The number of rotatable bonds is 2. The summed E-state index contributed by atoms with van der Waals surface area (Å²) in [5.74, 6) is -0.140. The molecule has 2 unspecified atom stereocenters. The molecule has 1 aliphatic heterocycles. The van der Waals surface area contributed by atoms with Crippen LogP contribution in [0.2, 0.25) is 0 Å². The lowest BCUT2D eigenvalue weighted by atomic mass is 9.79.